The molecule has 3 heterocycles. The molecular formula is C32H55N3O5S. The molecule has 0 radical (unpaired) electrons. The van der Waals surface area contributed by atoms with Gasteiger partial charge in [-0.1, -0.05) is 33.6 Å². The number of ether oxygens (including phenoxy) is 1. The molecule has 3 saturated heterocycles. The molecule has 3 aliphatic heterocycles. The van der Waals surface area contributed by atoms with Gasteiger partial charge in [-0.15, -0.1) is 0 Å². The topological polar surface area (TPSA) is 99.2 Å². The van der Waals surface area contributed by atoms with Crippen LogP contribution in [0.15, 0.2) is 0 Å². The van der Waals surface area contributed by atoms with Crippen molar-refractivity contribution < 1.29 is 23.1 Å². The first-order chi connectivity index (χ1) is 19.7. The lowest BCUT2D eigenvalue weighted by Crippen LogP contribution is -2.71. The number of carbonyl (C=O) groups excluding carboxylic acids is 1. The molecule has 3 saturated carbocycles. The van der Waals surface area contributed by atoms with Gasteiger partial charge in [0.1, 0.15) is 6.61 Å². The molecule has 0 aromatic heterocycles. The minimum atomic E-state index is -3.52. The zero-order chi connectivity index (χ0) is 28.9. The molecule has 9 heteroatoms. The summed E-state index contributed by atoms with van der Waals surface area (Å²) >= 11 is 0. The summed E-state index contributed by atoms with van der Waals surface area (Å²) in [5.41, 5.74) is 0. The Morgan fingerprint density at radius 3 is 2.41 bits per heavy atom. The van der Waals surface area contributed by atoms with E-state index < -0.39 is 15.3 Å². The second-order valence-electron chi connectivity index (χ2n) is 14.9. The summed E-state index contributed by atoms with van der Waals surface area (Å²) in [4.78, 5) is 14.3. The number of nitrogens with zero attached hydrogens (tertiary/aromatic N) is 2. The van der Waals surface area contributed by atoms with Crippen LogP contribution in [-0.2, 0) is 19.6 Å². The third kappa shape index (κ3) is 5.76. The summed E-state index contributed by atoms with van der Waals surface area (Å²) in [6.45, 7) is 9.25. The number of nitrogens with one attached hydrogen (secondary N) is 1. The summed E-state index contributed by atoms with van der Waals surface area (Å²) in [6, 6.07) is 0.289. The van der Waals surface area contributed by atoms with Crippen LogP contribution in [0.5, 0.6) is 0 Å². The second-order valence-corrected chi connectivity index (χ2v) is 17.0. The van der Waals surface area contributed by atoms with Gasteiger partial charge in [0, 0.05) is 25.2 Å². The van der Waals surface area contributed by atoms with Gasteiger partial charge in [-0.2, -0.15) is 0 Å². The van der Waals surface area contributed by atoms with Gasteiger partial charge in [0.05, 0.1) is 24.0 Å². The Morgan fingerprint density at radius 2 is 1.66 bits per heavy atom. The van der Waals surface area contributed by atoms with Crippen LogP contribution in [0.2, 0.25) is 0 Å². The Hall–Kier alpha value is -0.740. The first kappa shape index (κ1) is 30.3. The van der Waals surface area contributed by atoms with Crippen LogP contribution in [0.4, 0.5) is 0 Å². The number of rotatable bonds is 5. The highest BCUT2D eigenvalue weighted by Crippen LogP contribution is 2.50. The first-order valence-electron chi connectivity index (χ1n) is 17.0. The number of hydrogen-bond acceptors (Lipinski definition) is 6. The van der Waals surface area contributed by atoms with E-state index in [0.29, 0.717) is 37.8 Å². The number of fused-ring (bicyclic) bond motifs is 2. The van der Waals surface area contributed by atoms with Crippen LogP contribution in [0.3, 0.4) is 0 Å². The maximum atomic E-state index is 14.3. The van der Waals surface area contributed by atoms with Crippen molar-refractivity contribution >= 4 is 15.9 Å². The van der Waals surface area contributed by atoms with Crippen molar-refractivity contribution in [3.63, 3.8) is 0 Å². The molecule has 2 N–H and O–H groups in total. The molecule has 8 unspecified atom stereocenters. The van der Waals surface area contributed by atoms with E-state index in [1.807, 2.05) is 11.2 Å². The molecule has 8 nitrogen and oxygen atoms in total. The maximum absolute atomic E-state index is 14.3. The number of morpholine rings is 1. The molecule has 6 rings (SSSR count). The average molecular weight is 594 g/mol. The van der Waals surface area contributed by atoms with Crippen LogP contribution >= 0.6 is 0 Å². The molecule has 10 atom stereocenters. The van der Waals surface area contributed by atoms with Crippen molar-refractivity contribution in [3.8, 4) is 0 Å². The fourth-order valence-electron chi connectivity index (χ4n) is 10.3. The second kappa shape index (κ2) is 12.3. The Kier molecular flexibility index (Phi) is 9.11. The minimum absolute atomic E-state index is 0.0220. The smallest absolute Gasteiger partial charge is 0.246 e. The lowest BCUT2D eigenvalue weighted by molar-refractivity contribution is -0.139. The molecule has 234 valence electrons. The van der Waals surface area contributed by atoms with Gasteiger partial charge in [-0.25, -0.2) is 12.7 Å². The largest absolute Gasteiger partial charge is 0.395 e. The molecule has 41 heavy (non-hydrogen) atoms. The summed E-state index contributed by atoms with van der Waals surface area (Å²) in [5, 5.41) is 13.0. The maximum Gasteiger partial charge on any atom is 0.246 e. The highest BCUT2D eigenvalue weighted by molar-refractivity contribution is 7.89. The van der Waals surface area contributed by atoms with Crippen molar-refractivity contribution in [2.45, 2.75) is 121 Å². The number of hydrogen-bond donors (Lipinski definition) is 2. The molecule has 6 aliphatic rings. The van der Waals surface area contributed by atoms with E-state index in [-0.39, 0.29) is 49.3 Å². The van der Waals surface area contributed by atoms with E-state index in [1.54, 1.807) is 0 Å². The molecule has 0 spiro atoms. The molecular weight excluding hydrogens is 538 g/mol. The standard InChI is InChI=1S/C32H55N3O5S/c1-20-7-6-8-25(22(20)3)23-9-11-24(12-10-23)32-27-17-34(13-4-5-14-35(27)28(32)18-36)41(38,39)30-16-29-26(15-21(30)2)33-31(37)19-40-29/h20-30,32,36H,4-19H2,1-3H3,(H,33,37)/t20?,21?,22?,23?,24?,25?,26?,27?,28-,29?,30?,32+/m1/s1. The Labute approximate surface area is 248 Å². The van der Waals surface area contributed by atoms with Crippen LogP contribution in [0.25, 0.3) is 0 Å². The summed E-state index contributed by atoms with van der Waals surface area (Å²) in [7, 11) is -3.52. The Balaban J connectivity index is 1.14. The number of carbonyl (C=O) groups is 1. The van der Waals surface area contributed by atoms with Gasteiger partial charge in [0.2, 0.25) is 15.9 Å². The minimum Gasteiger partial charge on any atom is -0.395 e. The van der Waals surface area contributed by atoms with E-state index in [2.05, 4.69) is 24.1 Å². The third-order valence-electron chi connectivity index (χ3n) is 12.8. The van der Waals surface area contributed by atoms with Gasteiger partial charge < -0.3 is 15.2 Å². The number of aliphatic hydroxyl groups is 1. The molecule has 0 bridgehead atoms. The van der Waals surface area contributed by atoms with Gasteiger partial charge in [-0.05, 0) is 106 Å². The van der Waals surface area contributed by atoms with Crippen LogP contribution in [-0.4, -0.2) is 91.0 Å². The molecule has 0 aromatic rings. The molecule has 0 aromatic carbocycles. The van der Waals surface area contributed by atoms with E-state index >= 15 is 0 Å². The fraction of sp³-hybridized carbons (Fsp3) is 0.969. The summed E-state index contributed by atoms with van der Waals surface area (Å²) in [5.74, 6) is 4.20. The third-order valence-corrected chi connectivity index (χ3v) is 15.3. The van der Waals surface area contributed by atoms with E-state index in [1.165, 1.54) is 44.9 Å². The molecule has 6 fully saturated rings. The van der Waals surface area contributed by atoms with E-state index in [9.17, 15) is 18.3 Å². The Morgan fingerprint density at radius 1 is 0.927 bits per heavy atom. The number of aliphatic hydroxyl groups excluding tert-OH is 1. The van der Waals surface area contributed by atoms with E-state index in [4.69, 9.17) is 4.74 Å². The zero-order valence-electron chi connectivity index (χ0n) is 25.6. The van der Waals surface area contributed by atoms with Gasteiger partial charge in [0.15, 0.2) is 0 Å². The lowest BCUT2D eigenvalue weighted by atomic mass is 9.60. The van der Waals surface area contributed by atoms with Gasteiger partial charge in [-0.3, -0.25) is 9.69 Å². The van der Waals surface area contributed by atoms with Crippen molar-refractivity contribution in [1.82, 2.24) is 14.5 Å². The quantitative estimate of drug-likeness (QED) is 0.505. The first-order valence-corrected chi connectivity index (χ1v) is 18.5. The normalized spacial score (nSPS) is 46.8. The number of sulfonamides is 1. The van der Waals surface area contributed by atoms with Crippen molar-refractivity contribution in [2.75, 3.05) is 32.8 Å². The predicted molar refractivity (Wildman–Crippen MR) is 160 cm³/mol. The van der Waals surface area contributed by atoms with E-state index in [0.717, 1.165) is 43.1 Å². The monoisotopic (exact) mass is 593 g/mol. The average Bonchev–Trinajstić information content (AvgIpc) is 2.93. The van der Waals surface area contributed by atoms with Crippen LogP contribution < -0.4 is 5.32 Å². The van der Waals surface area contributed by atoms with Gasteiger partial charge in [0.25, 0.3) is 0 Å². The SMILES string of the molecule is CC1CCCC(C2CCC([C@H]3C4CN(S(=O)(=O)C5CC6OCC(=O)NC6CC5C)CCCCN4[C@@H]3CO)CC2)C1C. The zero-order valence-corrected chi connectivity index (χ0v) is 26.4. The van der Waals surface area contributed by atoms with Crippen LogP contribution in [0.1, 0.15) is 91.4 Å². The fourth-order valence-corrected chi connectivity index (χ4v) is 12.6. The summed E-state index contributed by atoms with van der Waals surface area (Å²) in [6.07, 6.45) is 11.9. The highest BCUT2D eigenvalue weighted by atomic mass is 32.2. The van der Waals surface area contributed by atoms with Crippen molar-refractivity contribution in [1.29, 1.82) is 0 Å². The van der Waals surface area contributed by atoms with Crippen molar-refractivity contribution in [2.24, 2.45) is 41.4 Å². The highest BCUT2D eigenvalue weighted by Gasteiger charge is 2.54. The van der Waals surface area contributed by atoms with Crippen LogP contribution in [0, 0.1) is 41.4 Å². The lowest BCUT2D eigenvalue weighted by Gasteiger charge is -2.60. The molecule has 3 aliphatic carbocycles. The van der Waals surface area contributed by atoms with Gasteiger partial charge >= 0.3 is 0 Å². The molecule has 1 amide bonds. The Bertz CT molecular complexity index is 1030. The summed E-state index contributed by atoms with van der Waals surface area (Å²) < 4.78 is 36.1. The predicted octanol–water partition coefficient (Wildman–Crippen LogP) is 3.63. The van der Waals surface area contributed by atoms with Crippen molar-refractivity contribution in [3.05, 3.63) is 0 Å². The number of amides is 1.